The lowest BCUT2D eigenvalue weighted by Crippen LogP contribution is -2.21. The fraction of sp³-hybridized carbons (Fsp3) is 0.143. The molecule has 0 aliphatic carbocycles. The number of esters is 1. The van der Waals surface area contributed by atoms with E-state index < -0.39 is 28.5 Å². The number of ether oxygens (including phenoxy) is 1. The van der Waals surface area contributed by atoms with E-state index in [9.17, 15) is 18.0 Å². The largest absolute Gasteiger partial charge is 0.452 e. The van der Waals surface area contributed by atoms with E-state index in [1.165, 1.54) is 24.3 Å². The van der Waals surface area contributed by atoms with Gasteiger partial charge in [0.15, 0.2) is 6.61 Å². The molecule has 9 heteroatoms. The zero-order chi connectivity index (χ0) is 21.9. The fourth-order valence-electron chi connectivity index (χ4n) is 2.98. The molecule has 0 aliphatic heterocycles. The number of rotatable bonds is 6. The molecule has 30 heavy (non-hydrogen) atoms. The Balaban J connectivity index is 1.60. The second kappa shape index (κ2) is 8.52. The van der Waals surface area contributed by atoms with Crippen molar-refractivity contribution in [3.8, 4) is 5.69 Å². The number of anilines is 1. The van der Waals surface area contributed by atoms with Crippen LogP contribution < -0.4 is 10.5 Å². The first-order chi connectivity index (χ1) is 14.1. The summed E-state index contributed by atoms with van der Waals surface area (Å²) in [6, 6.07) is 16.3. The Morgan fingerprint density at radius 2 is 1.63 bits per heavy atom. The van der Waals surface area contributed by atoms with E-state index in [0.717, 1.165) is 17.1 Å². The summed E-state index contributed by atoms with van der Waals surface area (Å²) in [6.07, 6.45) is 0. The van der Waals surface area contributed by atoms with Gasteiger partial charge in [0.25, 0.3) is 5.91 Å². The Morgan fingerprint density at radius 1 is 1.00 bits per heavy atom. The Labute approximate surface area is 174 Å². The predicted octanol–water partition coefficient (Wildman–Crippen LogP) is 2.54. The zero-order valence-corrected chi connectivity index (χ0v) is 17.3. The van der Waals surface area contributed by atoms with E-state index in [1.807, 2.05) is 26.0 Å². The van der Waals surface area contributed by atoms with Gasteiger partial charge in [-0.25, -0.2) is 18.4 Å². The van der Waals surface area contributed by atoms with E-state index >= 15 is 0 Å². The van der Waals surface area contributed by atoms with Crippen molar-refractivity contribution in [2.24, 2.45) is 5.14 Å². The number of aromatic nitrogens is 1. The molecule has 2 aromatic carbocycles. The second-order valence-electron chi connectivity index (χ2n) is 6.70. The number of primary sulfonamides is 1. The third-order valence-corrected chi connectivity index (χ3v) is 5.32. The summed E-state index contributed by atoms with van der Waals surface area (Å²) in [5.74, 6) is -1.25. The standard InChI is InChI=1S/C21H21N3O5S/c1-14-6-7-15(2)24(14)18-10-8-16(9-11-18)21(26)29-13-20(25)23-17-4-3-5-19(12-17)30(22,27)28/h3-12H,13H2,1-2H3,(H,23,25)(H2,22,27,28). The zero-order valence-electron chi connectivity index (χ0n) is 16.5. The van der Waals surface area contributed by atoms with E-state index in [2.05, 4.69) is 9.88 Å². The number of sulfonamides is 1. The van der Waals surface area contributed by atoms with Crippen LogP contribution in [0.5, 0.6) is 0 Å². The monoisotopic (exact) mass is 427 g/mol. The number of hydrogen-bond donors (Lipinski definition) is 2. The molecule has 156 valence electrons. The number of nitrogens with two attached hydrogens (primary N) is 1. The first-order valence-electron chi connectivity index (χ1n) is 9.00. The van der Waals surface area contributed by atoms with Gasteiger partial charge in [-0.2, -0.15) is 0 Å². The lowest BCUT2D eigenvalue weighted by atomic mass is 10.2. The molecule has 1 amide bonds. The first kappa shape index (κ1) is 21.3. The highest BCUT2D eigenvalue weighted by Gasteiger charge is 2.13. The molecule has 1 heterocycles. The number of benzene rings is 2. The molecule has 0 aliphatic rings. The van der Waals surface area contributed by atoms with Crippen LogP contribution in [0.4, 0.5) is 5.69 Å². The highest BCUT2D eigenvalue weighted by molar-refractivity contribution is 7.89. The van der Waals surface area contributed by atoms with Crippen molar-refractivity contribution in [2.75, 3.05) is 11.9 Å². The SMILES string of the molecule is Cc1ccc(C)n1-c1ccc(C(=O)OCC(=O)Nc2cccc(S(N)(=O)=O)c2)cc1. The van der Waals surface area contributed by atoms with Gasteiger partial charge in [-0.3, -0.25) is 4.79 Å². The quantitative estimate of drug-likeness (QED) is 0.586. The highest BCUT2D eigenvalue weighted by atomic mass is 32.2. The van der Waals surface area contributed by atoms with Crippen LogP contribution in [0.2, 0.25) is 0 Å². The van der Waals surface area contributed by atoms with Gasteiger partial charge >= 0.3 is 5.97 Å². The molecule has 0 fully saturated rings. The van der Waals surface area contributed by atoms with Crippen LogP contribution in [0, 0.1) is 13.8 Å². The average molecular weight is 427 g/mol. The first-order valence-corrected chi connectivity index (χ1v) is 10.5. The lowest BCUT2D eigenvalue weighted by molar-refractivity contribution is -0.119. The summed E-state index contributed by atoms with van der Waals surface area (Å²) in [5.41, 5.74) is 3.60. The van der Waals surface area contributed by atoms with Crippen molar-refractivity contribution in [3.63, 3.8) is 0 Å². The molecule has 0 bridgehead atoms. The third kappa shape index (κ3) is 4.94. The van der Waals surface area contributed by atoms with Crippen molar-refractivity contribution in [2.45, 2.75) is 18.7 Å². The van der Waals surface area contributed by atoms with Gasteiger partial charge < -0.3 is 14.6 Å². The van der Waals surface area contributed by atoms with E-state index in [4.69, 9.17) is 9.88 Å². The summed E-state index contributed by atoms with van der Waals surface area (Å²) in [6.45, 7) is 3.47. The van der Waals surface area contributed by atoms with Gasteiger partial charge in [0.2, 0.25) is 10.0 Å². The van der Waals surface area contributed by atoms with Crippen LogP contribution in [0.15, 0.2) is 65.6 Å². The Hall–Kier alpha value is -3.43. The number of amides is 1. The van der Waals surface area contributed by atoms with Gasteiger partial charge in [0.1, 0.15) is 0 Å². The molecule has 3 rings (SSSR count). The van der Waals surface area contributed by atoms with Gasteiger partial charge in [-0.05, 0) is 68.4 Å². The molecule has 3 N–H and O–H groups in total. The van der Waals surface area contributed by atoms with Crippen LogP contribution in [-0.2, 0) is 19.6 Å². The summed E-state index contributed by atoms with van der Waals surface area (Å²) >= 11 is 0. The van der Waals surface area contributed by atoms with E-state index in [-0.39, 0.29) is 10.6 Å². The van der Waals surface area contributed by atoms with Crippen molar-refractivity contribution < 1.29 is 22.7 Å². The molecular formula is C21H21N3O5S. The molecule has 0 spiro atoms. The Morgan fingerprint density at radius 3 is 2.23 bits per heavy atom. The molecule has 0 saturated carbocycles. The number of aryl methyl sites for hydroxylation is 2. The summed E-state index contributed by atoms with van der Waals surface area (Å²) in [5, 5.41) is 7.53. The second-order valence-corrected chi connectivity index (χ2v) is 8.26. The van der Waals surface area contributed by atoms with Crippen molar-refractivity contribution >= 4 is 27.6 Å². The van der Waals surface area contributed by atoms with E-state index in [1.54, 1.807) is 24.3 Å². The number of hydrogen-bond acceptors (Lipinski definition) is 5. The maximum Gasteiger partial charge on any atom is 0.338 e. The van der Waals surface area contributed by atoms with Crippen molar-refractivity contribution in [3.05, 3.63) is 77.6 Å². The van der Waals surface area contributed by atoms with Crippen LogP contribution in [0.25, 0.3) is 5.69 Å². The van der Waals surface area contributed by atoms with E-state index in [0.29, 0.717) is 5.56 Å². The van der Waals surface area contributed by atoms with Crippen LogP contribution in [-0.4, -0.2) is 31.5 Å². The van der Waals surface area contributed by atoms with Crippen molar-refractivity contribution in [1.29, 1.82) is 0 Å². The maximum atomic E-state index is 12.2. The Bertz CT molecular complexity index is 1180. The van der Waals surface area contributed by atoms with Crippen LogP contribution in [0.3, 0.4) is 0 Å². The molecule has 8 nitrogen and oxygen atoms in total. The molecule has 0 atom stereocenters. The molecule has 0 unspecified atom stereocenters. The normalized spacial score (nSPS) is 11.2. The minimum absolute atomic E-state index is 0.134. The lowest BCUT2D eigenvalue weighted by Gasteiger charge is -2.10. The minimum atomic E-state index is -3.89. The maximum absolute atomic E-state index is 12.2. The fourth-order valence-corrected chi connectivity index (χ4v) is 3.54. The number of nitrogens with zero attached hydrogens (tertiary/aromatic N) is 1. The average Bonchev–Trinajstić information content (AvgIpc) is 3.04. The van der Waals surface area contributed by atoms with Crippen LogP contribution >= 0.6 is 0 Å². The van der Waals surface area contributed by atoms with Crippen LogP contribution in [0.1, 0.15) is 21.7 Å². The van der Waals surface area contributed by atoms with Crippen molar-refractivity contribution in [1.82, 2.24) is 4.57 Å². The minimum Gasteiger partial charge on any atom is -0.452 e. The molecular weight excluding hydrogens is 406 g/mol. The number of nitrogens with one attached hydrogen (secondary N) is 1. The molecule has 1 aromatic heterocycles. The van der Waals surface area contributed by atoms with Gasteiger partial charge in [-0.15, -0.1) is 0 Å². The van der Waals surface area contributed by atoms with Gasteiger partial charge in [-0.1, -0.05) is 6.07 Å². The summed E-state index contributed by atoms with van der Waals surface area (Å²) < 4.78 is 29.8. The summed E-state index contributed by atoms with van der Waals surface area (Å²) in [4.78, 5) is 24.1. The summed E-state index contributed by atoms with van der Waals surface area (Å²) in [7, 11) is -3.89. The Kier molecular flexibility index (Phi) is 6.04. The predicted molar refractivity (Wildman–Crippen MR) is 112 cm³/mol. The molecule has 3 aromatic rings. The number of carbonyl (C=O) groups excluding carboxylic acids is 2. The van der Waals surface area contributed by atoms with Gasteiger partial charge in [0.05, 0.1) is 10.5 Å². The smallest absolute Gasteiger partial charge is 0.338 e. The topological polar surface area (TPSA) is 120 Å². The van der Waals surface area contributed by atoms with Gasteiger partial charge in [0, 0.05) is 22.8 Å². The molecule has 0 radical (unpaired) electrons. The number of carbonyl (C=O) groups is 2. The highest BCUT2D eigenvalue weighted by Crippen LogP contribution is 2.17. The third-order valence-electron chi connectivity index (χ3n) is 4.41. The molecule has 0 saturated heterocycles.